The van der Waals surface area contributed by atoms with Crippen LogP contribution in [-0.2, 0) is 13.0 Å². The zero-order chi connectivity index (χ0) is 11.4. The smallest absolute Gasteiger partial charge is 0.133 e. The van der Waals surface area contributed by atoms with E-state index in [1.165, 1.54) is 25.1 Å². The normalized spacial score (nSPS) is 20.5. The van der Waals surface area contributed by atoms with Crippen LogP contribution in [-0.4, -0.2) is 27.9 Å². The summed E-state index contributed by atoms with van der Waals surface area (Å²) < 4.78 is 2.29. The molecule has 1 aliphatic rings. The van der Waals surface area contributed by atoms with Crippen molar-refractivity contribution in [1.29, 1.82) is 0 Å². The quantitative estimate of drug-likeness (QED) is 0.821. The summed E-state index contributed by atoms with van der Waals surface area (Å²) >= 11 is 0. The summed E-state index contributed by atoms with van der Waals surface area (Å²) in [5, 5.41) is 11.9. The molecule has 1 aliphatic heterocycles. The first-order valence-corrected chi connectivity index (χ1v) is 6.40. The van der Waals surface area contributed by atoms with Crippen LogP contribution in [0.15, 0.2) is 0 Å². The molecular weight excluding hydrogens is 200 g/mol. The monoisotopic (exact) mass is 222 g/mol. The molecular formula is C12H22N4. The third-order valence-corrected chi connectivity index (χ3v) is 3.38. The Hall–Kier alpha value is -0.900. The Labute approximate surface area is 97.5 Å². The van der Waals surface area contributed by atoms with Gasteiger partial charge < -0.3 is 9.88 Å². The maximum absolute atomic E-state index is 4.32. The Morgan fingerprint density at radius 1 is 1.44 bits per heavy atom. The molecule has 0 aromatic carbocycles. The highest BCUT2D eigenvalue weighted by molar-refractivity contribution is 4.96. The van der Waals surface area contributed by atoms with Crippen molar-refractivity contribution in [1.82, 2.24) is 20.1 Å². The number of rotatable bonds is 5. The number of hydrogen-bond acceptors (Lipinski definition) is 3. The average Bonchev–Trinajstić information content (AvgIpc) is 2.88. The SMILES string of the molecule is CCCCn1c(C)nnc1CC1CCNC1. The fourth-order valence-electron chi connectivity index (χ4n) is 2.33. The molecule has 0 saturated carbocycles. The van der Waals surface area contributed by atoms with Crippen molar-refractivity contribution in [2.45, 2.75) is 46.1 Å². The molecule has 1 aromatic rings. The molecule has 0 amide bonds. The fourth-order valence-corrected chi connectivity index (χ4v) is 2.33. The Morgan fingerprint density at radius 2 is 2.31 bits per heavy atom. The Balaban J connectivity index is 2.01. The van der Waals surface area contributed by atoms with Crippen molar-refractivity contribution >= 4 is 0 Å². The molecule has 2 rings (SSSR count). The van der Waals surface area contributed by atoms with Crippen LogP contribution in [0.1, 0.15) is 37.8 Å². The molecule has 16 heavy (non-hydrogen) atoms. The predicted molar refractivity (Wildman–Crippen MR) is 64.3 cm³/mol. The van der Waals surface area contributed by atoms with Gasteiger partial charge in [-0.3, -0.25) is 0 Å². The van der Waals surface area contributed by atoms with Gasteiger partial charge in [0, 0.05) is 13.0 Å². The van der Waals surface area contributed by atoms with Gasteiger partial charge in [0.1, 0.15) is 11.6 Å². The summed E-state index contributed by atoms with van der Waals surface area (Å²) in [6.07, 6.45) is 4.80. The summed E-state index contributed by atoms with van der Waals surface area (Å²) in [5.41, 5.74) is 0. The average molecular weight is 222 g/mol. The van der Waals surface area contributed by atoms with E-state index in [1.807, 2.05) is 0 Å². The van der Waals surface area contributed by atoms with Crippen molar-refractivity contribution < 1.29 is 0 Å². The molecule has 2 heterocycles. The van der Waals surface area contributed by atoms with Crippen LogP contribution in [0, 0.1) is 12.8 Å². The van der Waals surface area contributed by atoms with Gasteiger partial charge >= 0.3 is 0 Å². The van der Waals surface area contributed by atoms with E-state index in [0.717, 1.165) is 37.8 Å². The van der Waals surface area contributed by atoms with Gasteiger partial charge in [0.25, 0.3) is 0 Å². The predicted octanol–water partition coefficient (Wildman–Crippen LogP) is 1.54. The Kier molecular flexibility index (Phi) is 3.93. The van der Waals surface area contributed by atoms with Gasteiger partial charge in [-0.2, -0.15) is 0 Å². The molecule has 0 spiro atoms. The summed E-state index contributed by atoms with van der Waals surface area (Å²) in [5.74, 6) is 3.00. The zero-order valence-corrected chi connectivity index (χ0v) is 10.4. The maximum Gasteiger partial charge on any atom is 0.133 e. The van der Waals surface area contributed by atoms with E-state index in [4.69, 9.17) is 0 Å². The highest BCUT2D eigenvalue weighted by Crippen LogP contribution is 2.15. The van der Waals surface area contributed by atoms with Crippen molar-refractivity contribution in [2.24, 2.45) is 5.92 Å². The third kappa shape index (κ3) is 2.61. The molecule has 1 saturated heterocycles. The van der Waals surface area contributed by atoms with Crippen LogP contribution < -0.4 is 5.32 Å². The number of nitrogens with one attached hydrogen (secondary N) is 1. The van der Waals surface area contributed by atoms with Gasteiger partial charge in [-0.15, -0.1) is 10.2 Å². The van der Waals surface area contributed by atoms with Gasteiger partial charge in [-0.25, -0.2) is 0 Å². The molecule has 0 bridgehead atoms. The van der Waals surface area contributed by atoms with Gasteiger partial charge in [-0.05, 0) is 38.8 Å². The second-order valence-corrected chi connectivity index (χ2v) is 4.73. The second kappa shape index (κ2) is 5.43. The number of nitrogens with zero attached hydrogens (tertiary/aromatic N) is 3. The van der Waals surface area contributed by atoms with E-state index >= 15 is 0 Å². The highest BCUT2D eigenvalue weighted by atomic mass is 15.3. The fraction of sp³-hybridized carbons (Fsp3) is 0.833. The lowest BCUT2D eigenvalue weighted by atomic mass is 10.0. The lowest BCUT2D eigenvalue weighted by Crippen LogP contribution is -2.14. The van der Waals surface area contributed by atoms with Crippen LogP contribution in [0.3, 0.4) is 0 Å². The summed E-state index contributed by atoms with van der Waals surface area (Å²) in [4.78, 5) is 0. The summed E-state index contributed by atoms with van der Waals surface area (Å²) in [7, 11) is 0. The van der Waals surface area contributed by atoms with Crippen LogP contribution in [0.2, 0.25) is 0 Å². The number of unbranched alkanes of at least 4 members (excludes halogenated alkanes) is 1. The van der Waals surface area contributed by atoms with Crippen molar-refractivity contribution in [3.63, 3.8) is 0 Å². The van der Waals surface area contributed by atoms with Crippen molar-refractivity contribution in [3.8, 4) is 0 Å². The highest BCUT2D eigenvalue weighted by Gasteiger charge is 2.18. The molecule has 4 nitrogen and oxygen atoms in total. The molecule has 1 aromatic heterocycles. The lowest BCUT2D eigenvalue weighted by molar-refractivity contribution is 0.519. The van der Waals surface area contributed by atoms with Gasteiger partial charge in [0.05, 0.1) is 0 Å². The molecule has 0 aliphatic carbocycles. The van der Waals surface area contributed by atoms with Gasteiger partial charge in [-0.1, -0.05) is 13.3 Å². The zero-order valence-electron chi connectivity index (χ0n) is 10.4. The third-order valence-electron chi connectivity index (χ3n) is 3.38. The van der Waals surface area contributed by atoms with Crippen molar-refractivity contribution in [2.75, 3.05) is 13.1 Å². The second-order valence-electron chi connectivity index (χ2n) is 4.73. The number of aryl methyl sites for hydroxylation is 1. The van der Waals surface area contributed by atoms with E-state index in [1.54, 1.807) is 0 Å². The Morgan fingerprint density at radius 3 is 3.00 bits per heavy atom. The molecule has 1 N–H and O–H groups in total. The largest absolute Gasteiger partial charge is 0.316 e. The lowest BCUT2D eigenvalue weighted by Gasteiger charge is -2.10. The topological polar surface area (TPSA) is 42.7 Å². The minimum absolute atomic E-state index is 0.754. The van der Waals surface area contributed by atoms with E-state index in [2.05, 4.69) is 33.9 Å². The first kappa shape index (κ1) is 11.6. The Bertz CT molecular complexity index is 326. The van der Waals surface area contributed by atoms with Crippen LogP contribution in [0.5, 0.6) is 0 Å². The summed E-state index contributed by atoms with van der Waals surface area (Å²) in [6.45, 7) is 7.65. The van der Waals surface area contributed by atoms with Gasteiger partial charge in [0.2, 0.25) is 0 Å². The van der Waals surface area contributed by atoms with E-state index in [-0.39, 0.29) is 0 Å². The van der Waals surface area contributed by atoms with Crippen LogP contribution >= 0.6 is 0 Å². The minimum atomic E-state index is 0.754. The molecule has 90 valence electrons. The van der Waals surface area contributed by atoms with Crippen LogP contribution in [0.4, 0.5) is 0 Å². The first-order valence-electron chi connectivity index (χ1n) is 6.40. The van der Waals surface area contributed by atoms with Gasteiger partial charge in [0.15, 0.2) is 0 Å². The standard InChI is InChI=1S/C12H22N4/c1-3-4-7-16-10(2)14-15-12(16)8-11-5-6-13-9-11/h11,13H,3-9H2,1-2H3. The van der Waals surface area contributed by atoms with E-state index in [9.17, 15) is 0 Å². The number of aromatic nitrogens is 3. The molecule has 4 heteroatoms. The molecule has 1 fully saturated rings. The molecule has 1 unspecified atom stereocenters. The maximum atomic E-state index is 4.32. The molecule has 1 atom stereocenters. The summed E-state index contributed by atoms with van der Waals surface area (Å²) in [6, 6.07) is 0. The van der Waals surface area contributed by atoms with E-state index < -0.39 is 0 Å². The number of hydrogen-bond donors (Lipinski definition) is 1. The first-order chi connectivity index (χ1) is 7.81. The van der Waals surface area contributed by atoms with E-state index in [0.29, 0.717) is 0 Å². The minimum Gasteiger partial charge on any atom is -0.316 e. The molecule has 0 radical (unpaired) electrons. The van der Waals surface area contributed by atoms with Crippen molar-refractivity contribution in [3.05, 3.63) is 11.6 Å². The van der Waals surface area contributed by atoms with Crippen LogP contribution in [0.25, 0.3) is 0 Å².